The van der Waals surface area contributed by atoms with Crippen LogP contribution in [-0.2, 0) is 6.54 Å². The van der Waals surface area contributed by atoms with E-state index in [0.29, 0.717) is 5.82 Å². The van der Waals surface area contributed by atoms with Gasteiger partial charge in [-0.2, -0.15) is 0 Å². The Labute approximate surface area is 89.0 Å². The van der Waals surface area contributed by atoms with Crippen molar-refractivity contribution < 1.29 is 0 Å². The average molecular weight is 199 g/mol. The molecule has 76 valence electrons. The van der Waals surface area contributed by atoms with E-state index in [2.05, 4.69) is 22.4 Å². The molecule has 0 spiro atoms. The quantitative estimate of drug-likeness (QED) is 0.797. The number of benzene rings is 1. The number of nitrogens with zero attached hydrogens (tertiary/aromatic N) is 1. The number of pyridine rings is 1. The second-order valence-electron chi connectivity index (χ2n) is 3.29. The Morgan fingerprint density at radius 3 is 2.53 bits per heavy atom. The van der Waals surface area contributed by atoms with Crippen LogP contribution in [0.4, 0.5) is 11.6 Å². The minimum atomic E-state index is 0.535. The number of hydrogen-bond acceptors (Lipinski definition) is 3. The van der Waals surface area contributed by atoms with Gasteiger partial charge in [-0.15, -0.1) is 0 Å². The molecule has 0 unspecified atom stereocenters. The standard InChI is InChI=1S/C12H13N3/c13-11-7-4-8-12(15-11)14-9-10-5-2-1-3-6-10/h1-8H,9H2,(H3,13,14,15). The molecule has 0 bridgehead atoms. The zero-order valence-corrected chi connectivity index (χ0v) is 8.35. The van der Waals surface area contributed by atoms with Gasteiger partial charge in [0.15, 0.2) is 0 Å². The Bertz CT molecular complexity index is 426. The summed E-state index contributed by atoms with van der Waals surface area (Å²) in [5.41, 5.74) is 6.80. The number of hydrogen-bond donors (Lipinski definition) is 2. The first-order valence-corrected chi connectivity index (χ1v) is 4.85. The molecule has 0 saturated heterocycles. The molecule has 15 heavy (non-hydrogen) atoms. The molecule has 0 aliphatic heterocycles. The number of nitrogens with two attached hydrogens (primary N) is 1. The summed E-state index contributed by atoms with van der Waals surface area (Å²) < 4.78 is 0. The second-order valence-corrected chi connectivity index (χ2v) is 3.29. The lowest BCUT2D eigenvalue weighted by Crippen LogP contribution is -2.02. The molecule has 3 N–H and O–H groups in total. The highest BCUT2D eigenvalue weighted by Crippen LogP contribution is 2.07. The summed E-state index contributed by atoms with van der Waals surface area (Å²) >= 11 is 0. The fourth-order valence-electron chi connectivity index (χ4n) is 1.34. The lowest BCUT2D eigenvalue weighted by atomic mass is 10.2. The molecule has 0 atom stereocenters. The number of rotatable bonds is 3. The fourth-order valence-corrected chi connectivity index (χ4v) is 1.34. The van der Waals surface area contributed by atoms with Crippen molar-refractivity contribution in [1.82, 2.24) is 4.98 Å². The monoisotopic (exact) mass is 199 g/mol. The predicted molar refractivity (Wildman–Crippen MR) is 62.4 cm³/mol. The lowest BCUT2D eigenvalue weighted by molar-refractivity contribution is 1.11. The number of nitrogens with one attached hydrogen (secondary N) is 1. The maximum Gasteiger partial charge on any atom is 0.128 e. The van der Waals surface area contributed by atoms with Crippen molar-refractivity contribution in [3.05, 3.63) is 54.1 Å². The number of anilines is 2. The Hall–Kier alpha value is -2.03. The van der Waals surface area contributed by atoms with Crippen molar-refractivity contribution in [1.29, 1.82) is 0 Å². The van der Waals surface area contributed by atoms with Crippen LogP contribution < -0.4 is 11.1 Å². The van der Waals surface area contributed by atoms with E-state index in [-0.39, 0.29) is 0 Å². The molecule has 0 amide bonds. The van der Waals surface area contributed by atoms with Gasteiger partial charge < -0.3 is 11.1 Å². The van der Waals surface area contributed by atoms with Crippen LogP contribution in [0.2, 0.25) is 0 Å². The summed E-state index contributed by atoms with van der Waals surface area (Å²) in [6.07, 6.45) is 0. The Balaban J connectivity index is 1.99. The van der Waals surface area contributed by atoms with Crippen LogP contribution in [-0.4, -0.2) is 4.98 Å². The normalized spacial score (nSPS) is 9.87. The molecule has 0 fully saturated rings. The third kappa shape index (κ3) is 2.71. The van der Waals surface area contributed by atoms with E-state index in [1.807, 2.05) is 30.3 Å². The summed E-state index contributed by atoms with van der Waals surface area (Å²) in [4.78, 5) is 4.15. The largest absolute Gasteiger partial charge is 0.384 e. The van der Waals surface area contributed by atoms with Gasteiger partial charge in [0, 0.05) is 6.54 Å². The highest BCUT2D eigenvalue weighted by atomic mass is 15.0. The molecule has 0 saturated carbocycles. The van der Waals surface area contributed by atoms with Crippen molar-refractivity contribution in [2.24, 2.45) is 0 Å². The van der Waals surface area contributed by atoms with Gasteiger partial charge in [0.05, 0.1) is 0 Å². The summed E-state index contributed by atoms with van der Waals surface area (Å²) in [5.74, 6) is 1.34. The number of aromatic nitrogens is 1. The van der Waals surface area contributed by atoms with Crippen LogP contribution in [0, 0.1) is 0 Å². The molecule has 0 radical (unpaired) electrons. The maximum absolute atomic E-state index is 5.58. The van der Waals surface area contributed by atoms with Gasteiger partial charge in [0.1, 0.15) is 11.6 Å². The molecule has 2 aromatic rings. The Morgan fingerprint density at radius 1 is 1.00 bits per heavy atom. The van der Waals surface area contributed by atoms with Crippen LogP contribution in [0.1, 0.15) is 5.56 Å². The summed E-state index contributed by atoms with van der Waals surface area (Å²) in [5, 5.41) is 3.21. The van der Waals surface area contributed by atoms with Gasteiger partial charge in [-0.3, -0.25) is 0 Å². The van der Waals surface area contributed by atoms with Crippen LogP contribution in [0.3, 0.4) is 0 Å². The van der Waals surface area contributed by atoms with Crippen LogP contribution in [0.5, 0.6) is 0 Å². The fraction of sp³-hybridized carbons (Fsp3) is 0.0833. The topological polar surface area (TPSA) is 50.9 Å². The van der Waals surface area contributed by atoms with E-state index >= 15 is 0 Å². The SMILES string of the molecule is Nc1cccc(NCc2ccccc2)n1. The molecular weight excluding hydrogens is 186 g/mol. The van der Waals surface area contributed by atoms with E-state index in [9.17, 15) is 0 Å². The molecular formula is C12H13N3. The van der Waals surface area contributed by atoms with Gasteiger partial charge in [-0.25, -0.2) is 4.98 Å². The zero-order valence-electron chi connectivity index (χ0n) is 8.35. The minimum Gasteiger partial charge on any atom is -0.384 e. The smallest absolute Gasteiger partial charge is 0.128 e. The minimum absolute atomic E-state index is 0.535. The molecule has 2 rings (SSSR count). The predicted octanol–water partition coefficient (Wildman–Crippen LogP) is 2.28. The second kappa shape index (κ2) is 4.46. The number of nitrogen functional groups attached to an aromatic ring is 1. The van der Waals surface area contributed by atoms with E-state index < -0.39 is 0 Å². The molecule has 3 heteroatoms. The van der Waals surface area contributed by atoms with E-state index in [1.165, 1.54) is 5.56 Å². The lowest BCUT2D eigenvalue weighted by Gasteiger charge is -2.05. The maximum atomic E-state index is 5.58. The van der Waals surface area contributed by atoms with E-state index in [1.54, 1.807) is 6.07 Å². The van der Waals surface area contributed by atoms with Gasteiger partial charge in [0.25, 0.3) is 0 Å². The first kappa shape index (κ1) is 9.52. The van der Waals surface area contributed by atoms with Gasteiger partial charge in [-0.05, 0) is 17.7 Å². The van der Waals surface area contributed by atoms with Crippen molar-refractivity contribution >= 4 is 11.6 Å². The summed E-state index contributed by atoms with van der Waals surface area (Å²) in [6.45, 7) is 0.761. The van der Waals surface area contributed by atoms with Crippen molar-refractivity contribution in [2.45, 2.75) is 6.54 Å². The summed E-state index contributed by atoms with van der Waals surface area (Å²) in [6, 6.07) is 15.7. The molecule has 0 aliphatic rings. The van der Waals surface area contributed by atoms with Gasteiger partial charge in [-0.1, -0.05) is 36.4 Å². The first-order valence-electron chi connectivity index (χ1n) is 4.85. The van der Waals surface area contributed by atoms with Crippen LogP contribution in [0.25, 0.3) is 0 Å². The van der Waals surface area contributed by atoms with Crippen LogP contribution >= 0.6 is 0 Å². The van der Waals surface area contributed by atoms with Crippen molar-refractivity contribution in [3.63, 3.8) is 0 Å². The highest BCUT2D eigenvalue weighted by molar-refractivity contribution is 5.42. The van der Waals surface area contributed by atoms with Gasteiger partial charge >= 0.3 is 0 Å². The molecule has 1 heterocycles. The molecule has 1 aromatic carbocycles. The third-order valence-electron chi connectivity index (χ3n) is 2.09. The Morgan fingerprint density at radius 2 is 1.80 bits per heavy atom. The first-order chi connectivity index (χ1) is 7.34. The molecule has 3 nitrogen and oxygen atoms in total. The zero-order chi connectivity index (χ0) is 10.5. The molecule has 0 aliphatic carbocycles. The molecule has 1 aromatic heterocycles. The van der Waals surface area contributed by atoms with E-state index in [0.717, 1.165) is 12.4 Å². The van der Waals surface area contributed by atoms with Crippen molar-refractivity contribution in [2.75, 3.05) is 11.1 Å². The third-order valence-corrected chi connectivity index (χ3v) is 2.09. The average Bonchev–Trinajstić information content (AvgIpc) is 2.28. The van der Waals surface area contributed by atoms with Gasteiger partial charge in [0.2, 0.25) is 0 Å². The summed E-state index contributed by atoms with van der Waals surface area (Å²) in [7, 11) is 0. The van der Waals surface area contributed by atoms with E-state index in [4.69, 9.17) is 5.73 Å². The Kier molecular flexibility index (Phi) is 2.83. The van der Waals surface area contributed by atoms with Crippen LogP contribution in [0.15, 0.2) is 48.5 Å². The highest BCUT2D eigenvalue weighted by Gasteiger charge is 1.94. The van der Waals surface area contributed by atoms with Crippen molar-refractivity contribution in [3.8, 4) is 0 Å².